The first-order chi connectivity index (χ1) is 14.2. The number of carbonyl (C=O) groups excluding carboxylic acids is 1. The van der Waals surface area contributed by atoms with Gasteiger partial charge in [-0.2, -0.15) is 5.26 Å². The van der Waals surface area contributed by atoms with Crippen molar-refractivity contribution < 1.29 is 9.53 Å². The van der Waals surface area contributed by atoms with Crippen molar-refractivity contribution in [2.75, 3.05) is 14.2 Å². The summed E-state index contributed by atoms with van der Waals surface area (Å²) in [6, 6.07) is 17.3. The maximum Gasteiger partial charge on any atom is 0.239 e. The number of rotatable bonds is 5. The fraction of sp³-hybridized carbons (Fsp3) is 0.375. The van der Waals surface area contributed by atoms with E-state index in [1.165, 1.54) is 4.90 Å². The lowest BCUT2D eigenvalue weighted by molar-refractivity contribution is -0.130. The average Bonchev–Trinajstić information content (AvgIpc) is 2.77. The first-order valence-electron chi connectivity index (χ1n) is 9.99. The third-order valence-electron chi connectivity index (χ3n) is 6.39. The number of benzene rings is 2. The molecule has 2 N–H and O–H groups in total. The second kappa shape index (κ2) is 7.92. The minimum absolute atomic E-state index is 0.134. The zero-order chi connectivity index (χ0) is 22.1. The van der Waals surface area contributed by atoms with Gasteiger partial charge in [-0.05, 0) is 49.1 Å². The Balaban J connectivity index is 2.15. The summed E-state index contributed by atoms with van der Waals surface area (Å²) in [4.78, 5) is 19.5. The van der Waals surface area contributed by atoms with E-state index >= 15 is 0 Å². The number of nitriles is 1. The standard InChI is InChI=1S/C24H28N4O2/c1-6-23(2,30-5)18-12-10-17(11-13-18)20-21(29)28(4)22(26)27-24(20,3)19-9-7-8-16(14-19)15-25/h7-14,20H,6H2,1-5H3,(H2,26,27)/t20-,23?,24+/m0/s1. The van der Waals surface area contributed by atoms with Crippen molar-refractivity contribution in [3.8, 4) is 6.07 Å². The average molecular weight is 405 g/mol. The molecule has 0 aromatic heterocycles. The molecular formula is C24H28N4O2. The summed E-state index contributed by atoms with van der Waals surface area (Å²) in [5.74, 6) is -0.547. The van der Waals surface area contributed by atoms with Crippen LogP contribution in [0.4, 0.5) is 0 Å². The Morgan fingerprint density at radius 3 is 2.53 bits per heavy atom. The molecule has 0 saturated carbocycles. The Morgan fingerprint density at radius 2 is 1.97 bits per heavy atom. The highest BCUT2D eigenvalue weighted by Crippen LogP contribution is 2.44. The van der Waals surface area contributed by atoms with Gasteiger partial charge in [-0.25, -0.2) is 4.99 Å². The lowest BCUT2D eigenvalue weighted by Crippen LogP contribution is -2.52. The molecule has 6 heteroatoms. The smallest absolute Gasteiger partial charge is 0.239 e. The van der Waals surface area contributed by atoms with Gasteiger partial charge in [0.25, 0.3) is 0 Å². The normalized spacial score (nSPS) is 23.5. The van der Waals surface area contributed by atoms with Gasteiger partial charge in [0.15, 0.2) is 5.96 Å². The number of likely N-dealkylation sites (N-methyl/N-ethyl adjacent to an activating group) is 1. The Kier molecular flexibility index (Phi) is 5.69. The van der Waals surface area contributed by atoms with Gasteiger partial charge in [-0.3, -0.25) is 9.69 Å². The van der Waals surface area contributed by atoms with E-state index in [1.54, 1.807) is 32.4 Å². The molecule has 2 aromatic carbocycles. The van der Waals surface area contributed by atoms with E-state index in [-0.39, 0.29) is 17.5 Å². The van der Waals surface area contributed by atoms with Gasteiger partial charge in [0.05, 0.1) is 23.2 Å². The monoisotopic (exact) mass is 404 g/mol. The SMILES string of the molecule is CCC(C)(OC)c1ccc([C@H]2C(=O)N(C)C(N)=N[C@]2(C)c2cccc(C#N)c2)cc1. The lowest BCUT2D eigenvalue weighted by atomic mass is 9.73. The molecule has 1 aliphatic heterocycles. The number of methoxy groups -OCH3 is 1. The van der Waals surface area contributed by atoms with E-state index < -0.39 is 11.5 Å². The van der Waals surface area contributed by atoms with Crippen LogP contribution in [0.3, 0.4) is 0 Å². The second-order valence-electron chi connectivity index (χ2n) is 8.05. The predicted octanol–water partition coefficient (Wildman–Crippen LogP) is 3.62. The number of carbonyl (C=O) groups is 1. The third-order valence-corrected chi connectivity index (χ3v) is 6.39. The number of aliphatic imine (C=N–C) groups is 1. The van der Waals surface area contributed by atoms with Crippen molar-refractivity contribution in [3.05, 3.63) is 70.8 Å². The first-order valence-corrected chi connectivity index (χ1v) is 9.99. The van der Waals surface area contributed by atoms with E-state index in [1.807, 2.05) is 44.2 Å². The zero-order valence-electron chi connectivity index (χ0n) is 18.1. The van der Waals surface area contributed by atoms with Crippen LogP contribution in [-0.4, -0.2) is 30.9 Å². The Morgan fingerprint density at radius 1 is 1.30 bits per heavy atom. The third kappa shape index (κ3) is 3.46. The molecule has 3 atom stereocenters. The van der Waals surface area contributed by atoms with Gasteiger partial charge in [0, 0.05) is 14.2 Å². The number of guanidine groups is 1. The van der Waals surface area contributed by atoms with Crippen LogP contribution in [0.2, 0.25) is 0 Å². The summed E-state index contributed by atoms with van der Waals surface area (Å²) in [6.07, 6.45) is 0.827. The number of ether oxygens (including phenoxy) is 1. The number of hydrogen-bond acceptors (Lipinski definition) is 5. The molecule has 0 aliphatic carbocycles. The fourth-order valence-electron chi connectivity index (χ4n) is 4.02. The minimum atomic E-state index is -0.933. The van der Waals surface area contributed by atoms with Crippen molar-refractivity contribution >= 4 is 11.9 Å². The number of hydrogen-bond donors (Lipinski definition) is 1. The van der Waals surface area contributed by atoms with Crippen LogP contribution in [0.1, 0.15) is 55.4 Å². The van der Waals surface area contributed by atoms with Crippen LogP contribution in [0.25, 0.3) is 0 Å². The highest BCUT2D eigenvalue weighted by Gasteiger charge is 2.47. The van der Waals surface area contributed by atoms with Gasteiger partial charge >= 0.3 is 0 Å². The summed E-state index contributed by atoms with van der Waals surface area (Å²) >= 11 is 0. The van der Waals surface area contributed by atoms with Crippen molar-refractivity contribution in [2.24, 2.45) is 10.7 Å². The van der Waals surface area contributed by atoms with Crippen LogP contribution < -0.4 is 5.73 Å². The molecule has 1 amide bonds. The Hall–Kier alpha value is -3.17. The van der Waals surface area contributed by atoms with E-state index in [0.29, 0.717) is 5.56 Å². The van der Waals surface area contributed by atoms with Crippen LogP contribution in [0, 0.1) is 11.3 Å². The summed E-state index contributed by atoms with van der Waals surface area (Å²) in [5.41, 5.74) is 7.93. The van der Waals surface area contributed by atoms with E-state index in [2.05, 4.69) is 13.0 Å². The van der Waals surface area contributed by atoms with Gasteiger partial charge < -0.3 is 10.5 Å². The van der Waals surface area contributed by atoms with Crippen molar-refractivity contribution in [3.63, 3.8) is 0 Å². The van der Waals surface area contributed by atoms with Gasteiger partial charge in [0.1, 0.15) is 5.54 Å². The summed E-state index contributed by atoms with van der Waals surface area (Å²) in [6.45, 7) is 6.02. The van der Waals surface area contributed by atoms with Crippen molar-refractivity contribution in [1.29, 1.82) is 5.26 Å². The second-order valence-corrected chi connectivity index (χ2v) is 8.05. The topological polar surface area (TPSA) is 91.7 Å². The Labute approximate surface area is 178 Å². The van der Waals surface area contributed by atoms with Crippen LogP contribution in [0.15, 0.2) is 53.5 Å². The van der Waals surface area contributed by atoms with E-state index in [9.17, 15) is 10.1 Å². The van der Waals surface area contributed by atoms with Gasteiger partial charge in [0.2, 0.25) is 5.91 Å². The summed E-state index contributed by atoms with van der Waals surface area (Å²) in [5, 5.41) is 9.33. The molecule has 6 nitrogen and oxygen atoms in total. The molecule has 0 spiro atoms. The van der Waals surface area contributed by atoms with Gasteiger partial charge in [-0.1, -0.05) is 43.3 Å². The largest absolute Gasteiger partial charge is 0.374 e. The molecule has 0 radical (unpaired) electrons. The summed E-state index contributed by atoms with van der Waals surface area (Å²) in [7, 11) is 3.33. The predicted molar refractivity (Wildman–Crippen MR) is 117 cm³/mol. The van der Waals surface area contributed by atoms with E-state index in [4.69, 9.17) is 15.5 Å². The molecule has 156 valence electrons. The molecule has 1 aliphatic rings. The fourth-order valence-corrected chi connectivity index (χ4v) is 4.02. The molecule has 0 fully saturated rings. The van der Waals surface area contributed by atoms with Crippen LogP contribution in [0.5, 0.6) is 0 Å². The highest BCUT2D eigenvalue weighted by atomic mass is 16.5. The first kappa shape index (κ1) is 21.5. The Bertz CT molecular complexity index is 1020. The quantitative estimate of drug-likeness (QED) is 0.824. The van der Waals surface area contributed by atoms with Crippen LogP contribution in [-0.2, 0) is 20.7 Å². The van der Waals surface area contributed by atoms with Crippen molar-refractivity contribution in [1.82, 2.24) is 4.90 Å². The maximum atomic E-state index is 13.3. The van der Waals surface area contributed by atoms with Crippen molar-refractivity contribution in [2.45, 2.75) is 44.2 Å². The van der Waals surface area contributed by atoms with Gasteiger partial charge in [-0.15, -0.1) is 0 Å². The van der Waals surface area contributed by atoms with E-state index in [0.717, 1.165) is 23.1 Å². The maximum absolute atomic E-state index is 13.3. The number of amides is 1. The lowest BCUT2D eigenvalue weighted by Gasteiger charge is -2.41. The van der Waals surface area contributed by atoms with Crippen LogP contribution >= 0.6 is 0 Å². The molecule has 0 saturated heterocycles. The molecule has 2 aromatic rings. The molecule has 30 heavy (non-hydrogen) atoms. The number of nitrogens with two attached hydrogens (primary N) is 1. The molecule has 1 unspecified atom stereocenters. The summed E-state index contributed by atoms with van der Waals surface area (Å²) < 4.78 is 5.70. The zero-order valence-corrected chi connectivity index (χ0v) is 18.1. The molecular weight excluding hydrogens is 376 g/mol. The molecule has 3 rings (SSSR count). The molecule has 1 heterocycles. The molecule has 0 bridgehead atoms. The number of nitrogens with zero attached hydrogens (tertiary/aromatic N) is 3. The minimum Gasteiger partial charge on any atom is -0.374 e. The highest BCUT2D eigenvalue weighted by molar-refractivity contribution is 6.02.